The van der Waals surface area contributed by atoms with Crippen LogP contribution in [0, 0.1) is 5.92 Å². The molecule has 1 unspecified atom stereocenters. The average Bonchev–Trinajstić information content (AvgIpc) is 2.79. The fraction of sp³-hybridized carbons (Fsp3) is 1.00. The van der Waals surface area contributed by atoms with Gasteiger partial charge in [-0.2, -0.15) is 17.9 Å². The zero-order chi connectivity index (χ0) is 12.7. The van der Waals surface area contributed by atoms with Gasteiger partial charge in [0.05, 0.1) is 6.61 Å². The Labute approximate surface area is 103 Å². The van der Waals surface area contributed by atoms with Crippen LogP contribution >= 0.6 is 0 Å². The quantitative estimate of drug-likeness (QED) is 0.519. The molecule has 4 N–H and O–H groups in total. The van der Waals surface area contributed by atoms with Crippen molar-refractivity contribution < 1.29 is 13.2 Å². The lowest BCUT2D eigenvalue weighted by Crippen LogP contribution is -2.49. The van der Waals surface area contributed by atoms with E-state index in [1.54, 1.807) is 0 Å². The molecule has 1 fully saturated rings. The Hall–Kier alpha value is -0.210. The molecular weight excluding hydrogens is 242 g/mol. The van der Waals surface area contributed by atoms with Gasteiger partial charge < -0.3 is 10.5 Å². The molecule has 0 bridgehead atoms. The Morgan fingerprint density at radius 3 is 2.59 bits per heavy atom. The Bertz CT molecular complexity index is 302. The van der Waals surface area contributed by atoms with Crippen molar-refractivity contribution in [3.8, 4) is 0 Å². The van der Waals surface area contributed by atoms with E-state index >= 15 is 0 Å². The van der Waals surface area contributed by atoms with Gasteiger partial charge in [0.25, 0.3) is 10.2 Å². The lowest BCUT2D eigenvalue weighted by Gasteiger charge is -2.23. The maximum atomic E-state index is 11.7. The highest BCUT2D eigenvalue weighted by Gasteiger charge is 2.27. The van der Waals surface area contributed by atoms with E-state index in [1.807, 2.05) is 0 Å². The summed E-state index contributed by atoms with van der Waals surface area (Å²) in [6.45, 7) is 0.973. The molecule has 102 valence electrons. The van der Waals surface area contributed by atoms with Crippen LogP contribution in [0.3, 0.4) is 0 Å². The molecule has 0 aromatic carbocycles. The summed E-state index contributed by atoms with van der Waals surface area (Å²) in [5, 5.41) is 0. The van der Waals surface area contributed by atoms with Crippen molar-refractivity contribution in [2.75, 3.05) is 26.8 Å². The highest BCUT2D eigenvalue weighted by atomic mass is 32.2. The third-order valence-corrected chi connectivity index (χ3v) is 4.32. The zero-order valence-corrected chi connectivity index (χ0v) is 11.1. The van der Waals surface area contributed by atoms with Gasteiger partial charge in [0.2, 0.25) is 0 Å². The first-order chi connectivity index (χ1) is 8.09. The van der Waals surface area contributed by atoms with Crippen LogP contribution in [0.5, 0.6) is 0 Å². The van der Waals surface area contributed by atoms with E-state index in [1.165, 1.54) is 20.0 Å². The van der Waals surface area contributed by atoms with E-state index in [0.717, 1.165) is 12.8 Å². The summed E-state index contributed by atoms with van der Waals surface area (Å²) in [4.78, 5) is 0. The van der Waals surface area contributed by atoms with E-state index < -0.39 is 10.2 Å². The summed E-state index contributed by atoms with van der Waals surface area (Å²) in [5.74, 6) is 0.374. The number of methoxy groups -OCH3 is 1. The summed E-state index contributed by atoms with van der Waals surface area (Å²) in [7, 11) is -1.93. The molecule has 1 atom stereocenters. The Balaban J connectivity index is 2.42. The second-order valence-electron chi connectivity index (χ2n) is 4.40. The number of nitrogens with two attached hydrogens (primary N) is 1. The van der Waals surface area contributed by atoms with Gasteiger partial charge in [0.1, 0.15) is 0 Å². The van der Waals surface area contributed by atoms with Gasteiger partial charge in [-0.15, -0.1) is 0 Å². The molecular formula is C10H23N3O3S. The zero-order valence-electron chi connectivity index (χ0n) is 10.3. The van der Waals surface area contributed by atoms with E-state index in [4.69, 9.17) is 10.5 Å². The van der Waals surface area contributed by atoms with Crippen LogP contribution in [-0.4, -0.2) is 41.3 Å². The summed E-state index contributed by atoms with van der Waals surface area (Å²) in [5.41, 5.74) is 5.64. The second-order valence-corrected chi connectivity index (χ2v) is 5.93. The minimum atomic E-state index is -3.46. The van der Waals surface area contributed by atoms with E-state index in [-0.39, 0.29) is 12.6 Å². The van der Waals surface area contributed by atoms with Crippen LogP contribution < -0.4 is 15.2 Å². The molecule has 1 aliphatic carbocycles. The minimum Gasteiger partial charge on any atom is -0.383 e. The molecule has 17 heavy (non-hydrogen) atoms. The molecule has 1 aliphatic rings. The normalized spacial score (nSPS) is 19.6. The molecule has 7 heteroatoms. The number of hydrogen-bond acceptors (Lipinski definition) is 4. The predicted octanol–water partition coefficient (Wildman–Crippen LogP) is -0.426. The number of ether oxygens (including phenoxy) is 1. The number of nitrogens with one attached hydrogen (secondary N) is 2. The average molecular weight is 265 g/mol. The first kappa shape index (κ1) is 14.8. The van der Waals surface area contributed by atoms with Crippen LogP contribution in [0.15, 0.2) is 0 Å². The maximum Gasteiger partial charge on any atom is 0.277 e. The summed E-state index contributed by atoms with van der Waals surface area (Å²) < 4.78 is 33.2. The molecule has 6 nitrogen and oxygen atoms in total. The summed E-state index contributed by atoms with van der Waals surface area (Å²) >= 11 is 0. The van der Waals surface area contributed by atoms with Crippen LogP contribution in [-0.2, 0) is 14.9 Å². The number of hydrogen-bond donors (Lipinski definition) is 3. The van der Waals surface area contributed by atoms with Gasteiger partial charge in [-0.3, -0.25) is 0 Å². The van der Waals surface area contributed by atoms with Gasteiger partial charge in [-0.05, 0) is 18.8 Å². The van der Waals surface area contributed by atoms with Crippen molar-refractivity contribution in [3.63, 3.8) is 0 Å². The van der Waals surface area contributed by atoms with Crippen LogP contribution in [0.1, 0.15) is 25.7 Å². The van der Waals surface area contributed by atoms with Crippen LogP contribution in [0.25, 0.3) is 0 Å². The third kappa shape index (κ3) is 5.31. The van der Waals surface area contributed by atoms with E-state index in [2.05, 4.69) is 9.44 Å². The maximum absolute atomic E-state index is 11.7. The van der Waals surface area contributed by atoms with Gasteiger partial charge in [-0.25, -0.2) is 0 Å². The van der Waals surface area contributed by atoms with E-state index in [9.17, 15) is 8.42 Å². The second kappa shape index (κ2) is 7.27. The Morgan fingerprint density at radius 2 is 2.06 bits per heavy atom. The fourth-order valence-corrected chi connectivity index (χ4v) is 3.34. The molecule has 0 saturated heterocycles. The fourth-order valence-electron chi connectivity index (χ4n) is 2.22. The third-order valence-electron chi connectivity index (χ3n) is 3.13. The molecule has 0 aromatic rings. The van der Waals surface area contributed by atoms with E-state index in [0.29, 0.717) is 19.1 Å². The molecule has 0 radical (unpaired) electrons. The molecule has 0 spiro atoms. The molecule has 0 aliphatic heterocycles. The predicted molar refractivity (Wildman–Crippen MR) is 66.7 cm³/mol. The van der Waals surface area contributed by atoms with Crippen LogP contribution in [0.2, 0.25) is 0 Å². The lowest BCUT2D eigenvalue weighted by atomic mass is 9.99. The van der Waals surface area contributed by atoms with Gasteiger partial charge in [-0.1, -0.05) is 12.8 Å². The van der Waals surface area contributed by atoms with Crippen molar-refractivity contribution in [1.82, 2.24) is 9.44 Å². The minimum absolute atomic E-state index is 0.155. The number of rotatable bonds is 8. The molecule has 0 heterocycles. The molecule has 0 aromatic heterocycles. The van der Waals surface area contributed by atoms with Gasteiger partial charge in [0, 0.05) is 26.2 Å². The SMILES string of the molecule is COCCNS(=O)(=O)NC(CN)C1CCCC1. The topological polar surface area (TPSA) is 93.4 Å². The highest BCUT2D eigenvalue weighted by molar-refractivity contribution is 7.87. The summed E-state index contributed by atoms with van der Waals surface area (Å²) in [6, 6.07) is -0.155. The largest absolute Gasteiger partial charge is 0.383 e. The van der Waals surface area contributed by atoms with Crippen molar-refractivity contribution in [3.05, 3.63) is 0 Å². The van der Waals surface area contributed by atoms with Crippen molar-refractivity contribution in [1.29, 1.82) is 0 Å². The van der Waals surface area contributed by atoms with Crippen molar-refractivity contribution >= 4 is 10.2 Å². The molecule has 1 rings (SSSR count). The molecule has 1 saturated carbocycles. The van der Waals surface area contributed by atoms with Crippen molar-refractivity contribution in [2.45, 2.75) is 31.7 Å². The van der Waals surface area contributed by atoms with Crippen molar-refractivity contribution in [2.24, 2.45) is 11.7 Å². The first-order valence-electron chi connectivity index (χ1n) is 6.05. The highest BCUT2D eigenvalue weighted by Crippen LogP contribution is 2.27. The smallest absolute Gasteiger partial charge is 0.277 e. The lowest BCUT2D eigenvalue weighted by molar-refractivity contribution is 0.204. The van der Waals surface area contributed by atoms with Crippen LogP contribution in [0.4, 0.5) is 0 Å². The Kier molecular flexibility index (Phi) is 6.35. The Morgan fingerprint density at radius 1 is 1.41 bits per heavy atom. The van der Waals surface area contributed by atoms with Gasteiger partial charge >= 0.3 is 0 Å². The first-order valence-corrected chi connectivity index (χ1v) is 7.53. The monoisotopic (exact) mass is 265 g/mol. The molecule has 0 amide bonds. The summed E-state index contributed by atoms with van der Waals surface area (Å²) in [6.07, 6.45) is 4.45. The standard InChI is InChI=1S/C10H23N3O3S/c1-16-7-6-12-17(14,15)13-10(8-11)9-4-2-3-5-9/h9-10,12-13H,2-8,11H2,1H3. The van der Waals surface area contributed by atoms with Gasteiger partial charge in [0.15, 0.2) is 0 Å².